The Kier molecular flexibility index (Phi) is 8.18. The van der Waals surface area contributed by atoms with Gasteiger partial charge in [-0.25, -0.2) is 4.79 Å². The van der Waals surface area contributed by atoms with E-state index < -0.39 is 12.0 Å². The highest BCUT2D eigenvalue weighted by Gasteiger charge is 2.33. The van der Waals surface area contributed by atoms with Crippen LogP contribution in [0.4, 0.5) is 0 Å². The third-order valence-electron chi connectivity index (χ3n) is 6.05. The fourth-order valence-electron chi connectivity index (χ4n) is 4.16. The number of carboxylic acid groups (broad SMARTS) is 1. The van der Waals surface area contributed by atoms with Crippen molar-refractivity contribution in [2.75, 3.05) is 6.54 Å². The molecule has 0 bridgehead atoms. The molecule has 1 saturated heterocycles. The van der Waals surface area contributed by atoms with Gasteiger partial charge in [0.25, 0.3) is 0 Å². The Bertz CT molecular complexity index is 1340. The van der Waals surface area contributed by atoms with Gasteiger partial charge >= 0.3 is 5.97 Å². The number of carbonyl (C=O) groups excluding carboxylic acids is 1. The summed E-state index contributed by atoms with van der Waals surface area (Å²) in [6.07, 6.45) is 5.85. The molecule has 36 heavy (non-hydrogen) atoms. The van der Waals surface area contributed by atoms with Gasteiger partial charge in [0.1, 0.15) is 10.4 Å². The number of carbonyl (C=O) groups is 2. The van der Waals surface area contributed by atoms with Crippen LogP contribution < -0.4 is 0 Å². The van der Waals surface area contributed by atoms with Crippen molar-refractivity contribution < 1.29 is 14.7 Å². The van der Waals surface area contributed by atoms with E-state index in [2.05, 4.69) is 0 Å². The standard InChI is InChI=1S/C30H27NO3S2/c1-20-8-14-26(21(2)16-20)28(32)15-13-22-9-11-24(12-10-22)17-25-19-31(30(35)36-25)27(29(33)34)18-23-6-4-3-5-7-23/h3-17,27H,18-19H2,1-2H3,(H,33,34)/b15-13+,25-17?. The Morgan fingerprint density at radius 3 is 2.39 bits per heavy atom. The van der Waals surface area contributed by atoms with E-state index in [1.165, 1.54) is 11.8 Å². The van der Waals surface area contributed by atoms with Crippen molar-refractivity contribution in [2.45, 2.75) is 26.3 Å². The molecule has 1 aliphatic heterocycles. The fraction of sp³-hybridized carbons (Fsp3) is 0.167. The first-order valence-electron chi connectivity index (χ1n) is 11.7. The van der Waals surface area contributed by atoms with Gasteiger partial charge < -0.3 is 10.0 Å². The predicted molar refractivity (Wildman–Crippen MR) is 152 cm³/mol. The number of carboxylic acids is 1. The molecule has 0 spiro atoms. The minimum atomic E-state index is -0.880. The molecular weight excluding hydrogens is 486 g/mol. The zero-order valence-electron chi connectivity index (χ0n) is 20.2. The Labute approximate surface area is 221 Å². The molecule has 0 radical (unpaired) electrons. The molecule has 1 N–H and O–H groups in total. The molecule has 3 aromatic rings. The summed E-state index contributed by atoms with van der Waals surface area (Å²) in [6, 6.07) is 22.6. The van der Waals surface area contributed by atoms with Crippen molar-refractivity contribution >= 4 is 52.2 Å². The summed E-state index contributed by atoms with van der Waals surface area (Å²) >= 11 is 6.96. The summed E-state index contributed by atoms with van der Waals surface area (Å²) in [5.74, 6) is -0.896. The van der Waals surface area contributed by atoms with Crippen LogP contribution in [-0.2, 0) is 11.2 Å². The number of thioether (sulfide) groups is 1. The summed E-state index contributed by atoms with van der Waals surface area (Å²) in [5, 5.41) is 9.85. The normalized spacial score (nSPS) is 15.6. The first-order chi connectivity index (χ1) is 17.3. The van der Waals surface area contributed by atoms with Gasteiger partial charge in [-0.15, -0.1) is 0 Å². The SMILES string of the molecule is Cc1ccc(C(=O)/C=C/c2ccc(C=C3CN(C(Cc4ccccc4)C(=O)O)C(=S)S3)cc2)c(C)c1. The van der Waals surface area contributed by atoms with E-state index in [4.69, 9.17) is 12.2 Å². The molecule has 0 saturated carbocycles. The topological polar surface area (TPSA) is 57.6 Å². The Hall–Kier alpha value is -3.48. The van der Waals surface area contributed by atoms with Crippen LogP contribution in [0, 0.1) is 13.8 Å². The highest BCUT2D eigenvalue weighted by Crippen LogP contribution is 2.33. The number of aliphatic carboxylic acids is 1. The number of benzene rings is 3. The molecule has 4 nitrogen and oxygen atoms in total. The molecule has 4 rings (SSSR count). The van der Waals surface area contributed by atoms with Gasteiger partial charge in [-0.3, -0.25) is 4.79 Å². The fourth-order valence-corrected chi connectivity index (χ4v) is 5.60. The second-order valence-electron chi connectivity index (χ2n) is 8.83. The average molecular weight is 514 g/mol. The molecule has 1 heterocycles. The van der Waals surface area contributed by atoms with E-state index in [0.29, 0.717) is 22.8 Å². The molecule has 0 aromatic heterocycles. The monoisotopic (exact) mass is 513 g/mol. The molecular formula is C30H27NO3S2. The van der Waals surface area contributed by atoms with Crippen LogP contribution >= 0.6 is 24.0 Å². The lowest BCUT2D eigenvalue weighted by atomic mass is 10.0. The van der Waals surface area contributed by atoms with E-state index in [9.17, 15) is 14.7 Å². The van der Waals surface area contributed by atoms with Gasteiger partial charge in [-0.1, -0.05) is 108 Å². The number of hydrogen-bond donors (Lipinski definition) is 1. The van der Waals surface area contributed by atoms with Crippen LogP contribution in [0.15, 0.2) is 83.8 Å². The van der Waals surface area contributed by atoms with Crippen LogP contribution in [0.25, 0.3) is 12.2 Å². The van der Waals surface area contributed by atoms with Gasteiger partial charge in [-0.05, 0) is 48.3 Å². The molecule has 1 atom stereocenters. The van der Waals surface area contributed by atoms with E-state index in [0.717, 1.165) is 32.7 Å². The van der Waals surface area contributed by atoms with E-state index in [-0.39, 0.29) is 5.78 Å². The zero-order valence-corrected chi connectivity index (χ0v) is 21.8. The smallest absolute Gasteiger partial charge is 0.326 e. The number of allylic oxidation sites excluding steroid dienone is 1. The van der Waals surface area contributed by atoms with Crippen molar-refractivity contribution in [3.8, 4) is 0 Å². The minimum Gasteiger partial charge on any atom is -0.480 e. The van der Waals surface area contributed by atoms with E-state index in [1.54, 1.807) is 11.0 Å². The van der Waals surface area contributed by atoms with Gasteiger partial charge in [-0.2, -0.15) is 0 Å². The van der Waals surface area contributed by atoms with E-state index >= 15 is 0 Å². The lowest BCUT2D eigenvalue weighted by Crippen LogP contribution is -2.42. The first-order valence-corrected chi connectivity index (χ1v) is 12.9. The Morgan fingerprint density at radius 1 is 1.03 bits per heavy atom. The first kappa shape index (κ1) is 25.6. The van der Waals surface area contributed by atoms with Crippen molar-refractivity contribution in [3.63, 3.8) is 0 Å². The molecule has 182 valence electrons. The van der Waals surface area contributed by atoms with Gasteiger partial charge in [0.15, 0.2) is 5.78 Å². The number of hydrogen-bond acceptors (Lipinski definition) is 4. The third-order valence-corrected chi connectivity index (χ3v) is 7.45. The third kappa shape index (κ3) is 6.39. The molecule has 6 heteroatoms. The molecule has 3 aromatic carbocycles. The predicted octanol–water partition coefficient (Wildman–Crippen LogP) is 6.57. The average Bonchev–Trinajstić information content (AvgIpc) is 3.21. The number of aryl methyl sites for hydroxylation is 2. The van der Waals surface area contributed by atoms with Crippen LogP contribution in [0.3, 0.4) is 0 Å². The number of ketones is 1. The molecule has 1 unspecified atom stereocenters. The second-order valence-corrected chi connectivity index (χ2v) is 10.6. The Balaban J connectivity index is 1.42. The summed E-state index contributed by atoms with van der Waals surface area (Å²) < 4.78 is 0.578. The Morgan fingerprint density at radius 2 is 1.72 bits per heavy atom. The van der Waals surface area contributed by atoms with Crippen LogP contribution in [-0.4, -0.2) is 38.7 Å². The van der Waals surface area contributed by atoms with Crippen LogP contribution in [0.2, 0.25) is 0 Å². The maximum absolute atomic E-state index is 12.6. The van der Waals surface area contributed by atoms with Crippen molar-refractivity contribution in [1.82, 2.24) is 4.90 Å². The lowest BCUT2D eigenvalue weighted by Gasteiger charge is -2.25. The summed E-state index contributed by atoms with van der Waals surface area (Å²) in [6.45, 7) is 4.43. The van der Waals surface area contributed by atoms with Crippen molar-refractivity contribution in [2.24, 2.45) is 0 Å². The summed E-state index contributed by atoms with van der Waals surface area (Å²) in [5.41, 5.74) is 5.72. The molecule has 0 amide bonds. The molecule has 0 aliphatic carbocycles. The van der Waals surface area contributed by atoms with Crippen LogP contribution in [0.1, 0.15) is 38.2 Å². The summed E-state index contributed by atoms with van der Waals surface area (Å²) in [4.78, 5) is 27.4. The van der Waals surface area contributed by atoms with E-state index in [1.807, 2.05) is 98.8 Å². The second kappa shape index (κ2) is 11.5. The summed E-state index contributed by atoms with van der Waals surface area (Å²) in [7, 11) is 0. The highest BCUT2D eigenvalue weighted by atomic mass is 32.2. The quantitative estimate of drug-likeness (QED) is 0.209. The van der Waals surface area contributed by atoms with Gasteiger partial charge in [0.2, 0.25) is 0 Å². The van der Waals surface area contributed by atoms with Crippen molar-refractivity contribution in [3.05, 3.63) is 117 Å². The van der Waals surface area contributed by atoms with Gasteiger partial charge in [0.05, 0.1) is 6.54 Å². The van der Waals surface area contributed by atoms with Crippen LogP contribution in [0.5, 0.6) is 0 Å². The largest absolute Gasteiger partial charge is 0.480 e. The van der Waals surface area contributed by atoms with Crippen molar-refractivity contribution in [1.29, 1.82) is 0 Å². The number of rotatable bonds is 8. The number of thiocarbonyl (C=S) groups is 1. The number of nitrogens with zero attached hydrogens (tertiary/aromatic N) is 1. The lowest BCUT2D eigenvalue weighted by molar-refractivity contribution is -0.141. The maximum Gasteiger partial charge on any atom is 0.326 e. The molecule has 1 aliphatic rings. The molecule has 1 fully saturated rings. The zero-order chi connectivity index (χ0) is 25.7. The minimum absolute atomic E-state index is 0.0156. The maximum atomic E-state index is 12.6. The van der Waals surface area contributed by atoms with Gasteiger partial charge in [0, 0.05) is 16.9 Å². The highest BCUT2D eigenvalue weighted by molar-refractivity contribution is 8.25.